The molecule has 1 heterocycles. The number of anilines is 1. The van der Waals surface area contributed by atoms with E-state index >= 15 is 0 Å². The Morgan fingerprint density at radius 1 is 0.846 bits per heavy atom. The van der Waals surface area contributed by atoms with Crippen molar-refractivity contribution in [3.8, 4) is 0 Å². The lowest BCUT2D eigenvalue weighted by atomic mass is 9.87. The fourth-order valence-electron chi connectivity index (χ4n) is 3.47. The van der Waals surface area contributed by atoms with Gasteiger partial charge in [-0.05, 0) is 35.4 Å². The van der Waals surface area contributed by atoms with Gasteiger partial charge in [-0.15, -0.1) is 0 Å². The number of benzene rings is 3. The Balaban J connectivity index is 1.83. The van der Waals surface area contributed by atoms with Gasteiger partial charge < -0.3 is 5.11 Å². The van der Waals surface area contributed by atoms with Crippen molar-refractivity contribution in [2.24, 2.45) is 11.0 Å². The lowest BCUT2D eigenvalue weighted by Crippen LogP contribution is -2.28. The molecule has 2 atom stereocenters. The van der Waals surface area contributed by atoms with Crippen molar-refractivity contribution < 1.29 is 9.50 Å². The van der Waals surface area contributed by atoms with Crippen LogP contribution in [0.4, 0.5) is 10.1 Å². The zero-order valence-electron chi connectivity index (χ0n) is 14.2. The molecule has 0 unspecified atom stereocenters. The molecule has 1 N–H and O–H groups in total. The van der Waals surface area contributed by atoms with Gasteiger partial charge in [0.05, 0.1) is 30.0 Å². The second kappa shape index (κ2) is 7.10. The zero-order valence-corrected chi connectivity index (χ0v) is 14.2. The van der Waals surface area contributed by atoms with Crippen LogP contribution in [-0.4, -0.2) is 17.4 Å². The molecule has 0 amide bonds. The average molecular weight is 346 g/mol. The van der Waals surface area contributed by atoms with Crippen LogP contribution in [0.2, 0.25) is 0 Å². The fourth-order valence-corrected chi connectivity index (χ4v) is 3.47. The second-order valence-corrected chi connectivity index (χ2v) is 6.32. The summed E-state index contributed by atoms with van der Waals surface area (Å²) in [5.74, 6) is -0.481. The number of hydrogen-bond acceptors (Lipinski definition) is 3. The third-order valence-corrected chi connectivity index (χ3v) is 4.71. The Kier molecular flexibility index (Phi) is 4.50. The fraction of sp³-hybridized carbons (Fsp3) is 0.136. The van der Waals surface area contributed by atoms with Crippen molar-refractivity contribution in [2.75, 3.05) is 11.6 Å². The van der Waals surface area contributed by atoms with E-state index < -0.39 is 0 Å². The van der Waals surface area contributed by atoms with Gasteiger partial charge in [0, 0.05) is 0 Å². The number of aliphatic hydroxyl groups is 1. The third kappa shape index (κ3) is 3.00. The molecule has 0 saturated heterocycles. The molecule has 0 aromatic heterocycles. The molecule has 0 spiro atoms. The highest BCUT2D eigenvalue weighted by Gasteiger charge is 2.39. The number of nitrogens with zero attached hydrogens (tertiary/aromatic N) is 2. The summed E-state index contributed by atoms with van der Waals surface area (Å²) >= 11 is 0. The SMILES string of the molecule is OC[C@@H]1C(c2ccccc2)=NN(c2ccccc2)[C@H]1c1ccc(F)cc1. The van der Waals surface area contributed by atoms with Gasteiger partial charge in [-0.2, -0.15) is 5.10 Å². The standard InChI is InChI=1S/C22H19FN2O/c23-18-13-11-17(12-14-18)22-20(15-26)21(16-7-3-1-4-8-16)24-25(22)19-9-5-2-6-10-19/h1-14,20,22,26H,15H2/t20-,22+/m1/s1. The van der Waals surface area contributed by atoms with Crippen molar-refractivity contribution in [1.82, 2.24) is 0 Å². The van der Waals surface area contributed by atoms with Gasteiger partial charge in [-0.1, -0.05) is 60.7 Å². The summed E-state index contributed by atoms with van der Waals surface area (Å²) in [6.07, 6.45) is 0. The third-order valence-electron chi connectivity index (χ3n) is 4.71. The predicted octanol–water partition coefficient (Wildman–Crippen LogP) is 4.40. The maximum Gasteiger partial charge on any atom is 0.123 e. The number of hydrazone groups is 1. The number of halogens is 1. The number of para-hydroxylation sites is 1. The molecule has 0 fully saturated rings. The van der Waals surface area contributed by atoms with Gasteiger partial charge in [-0.3, -0.25) is 5.01 Å². The molecule has 3 nitrogen and oxygen atoms in total. The van der Waals surface area contributed by atoms with Gasteiger partial charge in [0.25, 0.3) is 0 Å². The van der Waals surface area contributed by atoms with Crippen molar-refractivity contribution in [3.63, 3.8) is 0 Å². The van der Waals surface area contributed by atoms with E-state index in [1.807, 2.05) is 65.7 Å². The number of aliphatic hydroxyl groups excluding tert-OH is 1. The van der Waals surface area contributed by atoms with Gasteiger partial charge >= 0.3 is 0 Å². The first kappa shape index (κ1) is 16.5. The van der Waals surface area contributed by atoms with Crippen molar-refractivity contribution in [2.45, 2.75) is 6.04 Å². The van der Waals surface area contributed by atoms with Crippen LogP contribution in [-0.2, 0) is 0 Å². The Hall–Kier alpha value is -2.98. The van der Waals surface area contributed by atoms with Crippen LogP contribution in [0.3, 0.4) is 0 Å². The van der Waals surface area contributed by atoms with E-state index in [4.69, 9.17) is 5.10 Å². The maximum absolute atomic E-state index is 13.4. The lowest BCUT2D eigenvalue weighted by molar-refractivity contribution is 0.248. The molecule has 3 aromatic rings. The second-order valence-electron chi connectivity index (χ2n) is 6.32. The van der Waals surface area contributed by atoms with E-state index in [2.05, 4.69) is 0 Å². The Morgan fingerprint density at radius 3 is 2.08 bits per heavy atom. The molecule has 4 rings (SSSR count). The largest absolute Gasteiger partial charge is 0.396 e. The van der Waals surface area contributed by atoms with Gasteiger partial charge in [-0.25, -0.2) is 4.39 Å². The Bertz CT molecular complexity index is 894. The highest BCUT2D eigenvalue weighted by Crippen LogP contribution is 2.40. The highest BCUT2D eigenvalue weighted by molar-refractivity contribution is 6.05. The highest BCUT2D eigenvalue weighted by atomic mass is 19.1. The van der Waals surface area contributed by atoms with E-state index in [1.54, 1.807) is 12.1 Å². The molecule has 4 heteroatoms. The Labute approximate surface area is 152 Å². The maximum atomic E-state index is 13.4. The lowest BCUT2D eigenvalue weighted by Gasteiger charge is -2.27. The van der Waals surface area contributed by atoms with E-state index in [1.165, 1.54) is 12.1 Å². The molecule has 1 aliphatic rings. The predicted molar refractivity (Wildman–Crippen MR) is 102 cm³/mol. The molecular weight excluding hydrogens is 327 g/mol. The summed E-state index contributed by atoms with van der Waals surface area (Å²) in [7, 11) is 0. The van der Waals surface area contributed by atoms with E-state index in [-0.39, 0.29) is 24.4 Å². The Morgan fingerprint density at radius 2 is 1.46 bits per heavy atom. The first-order valence-corrected chi connectivity index (χ1v) is 8.62. The van der Waals surface area contributed by atoms with Crippen LogP contribution in [0.1, 0.15) is 17.2 Å². The minimum absolute atomic E-state index is 0.0426. The van der Waals surface area contributed by atoms with Crippen LogP contribution in [0, 0.1) is 11.7 Å². The minimum atomic E-state index is -0.275. The number of hydrogen-bond donors (Lipinski definition) is 1. The van der Waals surface area contributed by atoms with Crippen LogP contribution in [0.25, 0.3) is 0 Å². The first-order chi connectivity index (χ1) is 12.8. The average Bonchev–Trinajstić information content (AvgIpc) is 3.09. The molecule has 130 valence electrons. The number of rotatable bonds is 4. The quantitative estimate of drug-likeness (QED) is 0.760. The van der Waals surface area contributed by atoms with E-state index in [0.29, 0.717) is 0 Å². The summed E-state index contributed by atoms with van der Waals surface area (Å²) in [6.45, 7) is -0.0426. The van der Waals surface area contributed by atoms with Crippen LogP contribution in [0.15, 0.2) is 90.0 Å². The topological polar surface area (TPSA) is 35.8 Å². The van der Waals surface area contributed by atoms with Gasteiger partial charge in [0.1, 0.15) is 5.82 Å². The van der Waals surface area contributed by atoms with Crippen LogP contribution in [0.5, 0.6) is 0 Å². The molecule has 1 aliphatic heterocycles. The molecule has 3 aromatic carbocycles. The van der Waals surface area contributed by atoms with E-state index in [9.17, 15) is 9.50 Å². The van der Waals surface area contributed by atoms with Crippen molar-refractivity contribution in [3.05, 3.63) is 102 Å². The molecule has 0 bridgehead atoms. The van der Waals surface area contributed by atoms with Gasteiger partial charge in [0.15, 0.2) is 0 Å². The molecule has 0 aliphatic carbocycles. The molecule has 26 heavy (non-hydrogen) atoms. The first-order valence-electron chi connectivity index (χ1n) is 8.62. The van der Waals surface area contributed by atoms with Crippen LogP contribution >= 0.6 is 0 Å². The summed E-state index contributed by atoms with van der Waals surface area (Å²) in [5.41, 5.74) is 3.68. The van der Waals surface area contributed by atoms with Gasteiger partial charge in [0.2, 0.25) is 0 Å². The molecule has 0 radical (unpaired) electrons. The minimum Gasteiger partial charge on any atom is -0.396 e. The molecule has 0 saturated carbocycles. The summed E-state index contributed by atoms with van der Waals surface area (Å²) in [4.78, 5) is 0. The van der Waals surface area contributed by atoms with Crippen molar-refractivity contribution >= 4 is 11.4 Å². The van der Waals surface area contributed by atoms with Crippen molar-refractivity contribution in [1.29, 1.82) is 0 Å². The summed E-state index contributed by atoms with van der Waals surface area (Å²) < 4.78 is 13.4. The van der Waals surface area contributed by atoms with E-state index in [0.717, 1.165) is 22.5 Å². The normalized spacial score (nSPS) is 19.5. The summed E-state index contributed by atoms with van der Waals surface area (Å²) in [5, 5.41) is 17.0. The zero-order chi connectivity index (χ0) is 17.9. The van der Waals surface area contributed by atoms with Crippen LogP contribution < -0.4 is 5.01 Å². The monoisotopic (exact) mass is 346 g/mol. The summed E-state index contributed by atoms with van der Waals surface area (Å²) in [6, 6.07) is 26.0. The smallest absolute Gasteiger partial charge is 0.123 e. The molecular formula is C22H19FN2O.